The predicted molar refractivity (Wildman–Crippen MR) is 309 cm³/mol. The molecule has 346 valence electrons. The lowest BCUT2D eigenvalue weighted by Crippen LogP contribution is -2.25. The second kappa shape index (κ2) is 16.7. The molecule has 0 aliphatic heterocycles. The minimum Gasteiger partial charge on any atom is -0.454 e. The largest absolute Gasteiger partial charge is 0.454 e. The van der Waals surface area contributed by atoms with Gasteiger partial charge in [0.2, 0.25) is 0 Å². The SMILES string of the molecule is Cc1c2c3c(cccc3c3cc(N(c4cccc5ccccc45)c4cccc5c4oc4ccccc45)ccc13)C(C)(C)c1cc(N(c3ccccc3)c3cc(-c4ccccc4)cc(-c4ccccc4)c3)ccc1-2. The second-order valence-electron chi connectivity index (χ2n) is 20.1. The Bertz CT molecular complexity index is 4240. The minimum absolute atomic E-state index is 0.328. The van der Waals surface area contributed by atoms with Gasteiger partial charge in [0.05, 0.1) is 11.4 Å². The number of para-hydroxylation sites is 3. The van der Waals surface area contributed by atoms with E-state index in [0.717, 1.165) is 56.1 Å². The monoisotopic (exact) mass is 934 g/mol. The number of hydrogen-bond donors (Lipinski definition) is 0. The lowest BCUT2D eigenvalue weighted by Gasteiger charge is -2.38. The number of rotatable bonds is 8. The molecule has 0 spiro atoms. The van der Waals surface area contributed by atoms with E-state index in [-0.39, 0.29) is 5.41 Å². The van der Waals surface area contributed by atoms with Crippen LogP contribution in [0.25, 0.3) is 87.6 Å². The smallest absolute Gasteiger partial charge is 0.159 e. The molecule has 0 radical (unpaired) electrons. The van der Waals surface area contributed by atoms with Crippen LogP contribution in [-0.2, 0) is 5.41 Å². The molecule has 0 N–H and O–H groups in total. The quantitative estimate of drug-likeness (QED) is 0.142. The molecule has 0 saturated carbocycles. The van der Waals surface area contributed by atoms with Gasteiger partial charge in [-0.25, -0.2) is 0 Å². The van der Waals surface area contributed by atoms with Gasteiger partial charge in [0.25, 0.3) is 0 Å². The maximum Gasteiger partial charge on any atom is 0.159 e. The van der Waals surface area contributed by atoms with Crippen LogP contribution in [0.15, 0.2) is 253 Å². The summed E-state index contributed by atoms with van der Waals surface area (Å²) in [6, 6.07) is 90.8. The summed E-state index contributed by atoms with van der Waals surface area (Å²) in [5, 5.41) is 9.65. The van der Waals surface area contributed by atoms with E-state index < -0.39 is 0 Å². The van der Waals surface area contributed by atoms with E-state index in [2.05, 4.69) is 273 Å². The van der Waals surface area contributed by atoms with Crippen molar-refractivity contribution in [1.82, 2.24) is 0 Å². The van der Waals surface area contributed by atoms with Crippen LogP contribution < -0.4 is 9.80 Å². The Morgan fingerprint density at radius 2 is 0.945 bits per heavy atom. The Morgan fingerprint density at radius 3 is 1.71 bits per heavy atom. The molecule has 12 aromatic carbocycles. The molecular formula is C70H50N2O. The van der Waals surface area contributed by atoms with Crippen molar-refractivity contribution in [3.63, 3.8) is 0 Å². The molecule has 0 fully saturated rings. The summed E-state index contributed by atoms with van der Waals surface area (Å²) in [4.78, 5) is 4.85. The van der Waals surface area contributed by atoms with Crippen molar-refractivity contribution in [2.24, 2.45) is 0 Å². The summed E-state index contributed by atoms with van der Waals surface area (Å²) in [5.74, 6) is 0. The molecule has 0 bridgehead atoms. The van der Waals surface area contributed by atoms with Crippen molar-refractivity contribution in [3.05, 3.63) is 265 Å². The van der Waals surface area contributed by atoms with Crippen molar-refractivity contribution in [2.45, 2.75) is 26.2 Å². The standard InChI is InChI=1S/C70H50N2O/c1-45-55-38-36-52(72(64-33-17-25-48-24-13-14-28-56(48)64)65-34-19-31-59-57-29-15-16-35-66(57)73-69(59)65)43-61(55)58-30-18-32-62-68(58)67(45)60-39-37-53(44-63(60)70(62,2)3)71(51-26-11-6-12-27-51)54-41-49(46-20-7-4-8-21-46)40-50(42-54)47-22-9-5-10-23-47/h4-44H,1-3H3. The van der Waals surface area contributed by atoms with Gasteiger partial charge in [-0.3, -0.25) is 0 Å². The zero-order valence-electron chi connectivity index (χ0n) is 41.0. The Labute approximate surface area is 425 Å². The fourth-order valence-corrected chi connectivity index (χ4v) is 12.1. The zero-order chi connectivity index (χ0) is 48.8. The third kappa shape index (κ3) is 6.80. The molecule has 3 heteroatoms. The van der Waals surface area contributed by atoms with Crippen molar-refractivity contribution in [1.29, 1.82) is 0 Å². The molecule has 0 saturated heterocycles. The molecule has 13 aromatic rings. The van der Waals surface area contributed by atoms with Gasteiger partial charge >= 0.3 is 0 Å². The van der Waals surface area contributed by atoms with Gasteiger partial charge in [-0.1, -0.05) is 190 Å². The van der Waals surface area contributed by atoms with Crippen LogP contribution in [0.2, 0.25) is 0 Å². The Hall–Kier alpha value is -9.18. The van der Waals surface area contributed by atoms with E-state index in [1.54, 1.807) is 0 Å². The summed E-state index contributed by atoms with van der Waals surface area (Å²) >= 11 is 0. The highest BCUT2D eigenvalue weighted by molar-refractivity contribution is 6.20. The first-order valence-corrected chi connectivity index (χ1v) is 25.3. The van der Waals surface area contributed by atoms with E-state index in [1.807, 2.05) is 6.07 Å². The normalized spacial score (nSPS) is 12.7. The van der Waals surface area contributed by atoms with Gasteiger partial charge in [-0.15, -0.1) is 0 Å². The van der Waals surface area contributed by atoms with Gasteiger partial charge in [0.15, 0.2) is 5.58 Å². The van der Waals surface area contributed by atoms with E-state index in [4.69, 9.17) is 4.42 Å². The molecule has 73 heavy (non-hydrogen) atoms. The third-order valence-corrected chi connectivity index (χ3v) is 15.6. The first kappa shape index (κ1) is 42.7. The number of nitrogens with zero attached hydrogens (tertiary/aromatic N) is 2. The average Bonchev–Trinajstić information content (AvgIpc) is 3.83. The van der Waals surface area contributed by atoms with Gasteiger partial charge in [0.1, 0.15) is 5.58 Å². The summed E-state index contributed by atoms with van der Waals surface area (Å²) in [5.41, 5.74) is 19.2. The number of benzene rings is 12. The van der Waals surface area contributed by atoms with E-state index in [9.17, 15) is 0 Å². The Morgan fingerprint density at radius 1 is 0.356 bits per heavy atom. The summed E-state index contributed by atoms with van der Waals surface area (Å²) in [7, 11) is 0. The third-order valence-electron chi connectivity index (χ3n) is 15.6. The molecule has 3 nitrogen and oxygen atoms in total. The fourth-order valence-electron chi connectivity index (χ4n) is 12.1. The number of aryl methyl sites for hydroxylation is 1. The van der Waals surface area contributed by atoms with Crippen LogP contribution in [0.3, 0.4) is 0 Å². The van der Waals surface area contributed by atoms with Gasteiger partial charge < -0.3 is 14.2 Å². The minimum atomic E-state index is -0.328. The lowest BCUT2D eigenvalue weighted by molar-refractivity contribution is 0.645. The molecule has 1 aliphatic rings. The van der Waals surface area contributed by atoms with Gasteiger partial charge in [0, 0.05) is 44.3 Å². The summed E-state index contributed by atoms with van der Waals surface area (Å²) < 4.78 is 6.78. The van der Waals surface area contributed by atoms with E-state index in [0.29, 0.717) is 0 Å². The lowest BCUT2D eigenvalue weighted by atomic mass is 9.67. The van der Waals surface area contributed by atoms with E-state index in [1.165, 1.54) is 82.4 Å². The number of hydrogen-bond acceptors (Lipinski definition) is 3. The molecule has 1 aromatic heterocycles. The van der Waals surface area contributed by atoms with Crippen LogP contribution in [-0.4, -0.2) is 0 Å². The summed E-state index contributed by atoms with van der Waals surface area (Å²) in [6.07, 6.45) is 0. The first-order valence-electron chi connectivity index (χ1n) is 25.3. The maximum absolute atomic E-state index is 6.78. The Balaban J connectivity index is 0.967. The molecule has 1 aliphatic carbocycles. The molecule has 0 unspecified atom stereocenters. The van der Waals surface area contributed by atoms with Crippen LogP contribution >= 0.6 is 0 Å². The fraction of sp³-hybridized carbons (Fsp3) is 0.0571. The molecule has 14 rings (SSSR count). The average molecular weight is 935 g/mol. The molecule has 0 amide bonds. The number of anilines is 6. The van der Waals surface area contributed by atoms with Gasteiger partial charge in [-0.05, 0) is 157 Å². The molecule has 1 heterocycles. The van der Waals surface area contributed by atoms with Gasteiger partial charge in [-0.2, -0.15) is 0 Å². The number of fused-ring (bicyclic) bond motifs is 8. The van der Waals surface area contributed by atoms with Crippen molar-refractivity contribution < 1.29 is 4.42 Å². The highest BCUT2D eigenvalue weighted by Gasteiger charge is 2.36. The van der Waals surface area contributed by atoms with Crippen LogP contribution in [0.4, 0.5) is 34.1 Å². The Kier molecular flexibility index (Phi) is 9.78. The zero-order valence-corrected chi connectivity index (χ0v) is 41.0. The van der Waals surface area contributed by atoms with Crippen molar-refractivity contribution >= 4 is 88.4 Å². The van der Waals surface area contributed by atoms with Crippen LogP contribution in [0, 0.1) is 6.92 Å². The number of furan rings is 1. The highest BCUT2D eigenvalue weighted by atomic mass is 16.3. The van der Waals surface area contributed by atoms with Crippen LogP contribution in [0.1, 0.15) is 30.5 Å². The van der Waals surface area contributed by atoms with E-state index >= 15 is 0 Å². The topological polar surface area (TPSA) is 19.6 Å². The van der Waals surface area contributed by atoms with Crippen LogP contribution in [0.5, 0.6) is 0 Å². The molecule has 0 atom stereocenters. The van der Waals surface area contributed by atoms with Crippen molar-refractivity contribution in [3.8, 4) is 33.4 Å². The highest BCUT2D eigenvalue weighted by Crippen LogP contribution is 2.54. The van der Waals surface area contributed by atoms with Crippen molar-refractivity contribution in [2.75, 3.05) is 9.80 Å². The second-order valence-corrected chi connectivity index (χ2v) is 20.1. The first-order chi connectivity index (χ1) is 35.9. The maximum atomic E-state index is 6.78. The predicted octanol–water partition coefficient (Wildman–Crippen LogP) is 19.9. The molecular weight excluding hydrogens is 885 g/mol. The summed E-state index contributed by atoms with van der Waals surface area (Å²) in [6.45, 7) is 7.16.